The Hall–Kier alpha value is -0.300. The Labute approximate surface area is 118 Å². The smallest absolute Gasteiger partial charge is 0.0776 e. The summed E-state index contributed by atoms with van der Waals surface area (Å²) in [5.41, 5.74) is 2.29. The van der Waals surface area contributed by atoms with Crippen molar-refractivity contribution in [3.63, 3.8) is 0 Å². The van der Waals surface area contributed by atoms with Crippen molar-refractivity contribution < 1.29 is 0 Å². The highest BCUT2D eigenvalue weighted by molar-refractivity contribution is 9.10. The van der Waals surface area contributed by atoms with Gasteiger partial charge in [0.1, 0.15) is 0 Å². The molecule has 2 aromatic heterocycles. The Kier molecular flexibility index (Phi) is 4.67. The van der Waals surface area contributed by atoms with Crippen LogP contribution in [0.25, 0.3) is 0 Å². The van der Waals surface area contributed by atoms with Crippen molar-refractivity contribution in [2.75, 3.05) is 6.54 Å². The molecule has 92 valence electrons. The van der Waals surface area contributed by atoms with Gasteiger partial charge in [-0.1, -0.05) is 11.4 Å². The van der Waals surface area contributed by atoms with E-state index in [1.807, 2.05) is 6.92 Å². The molecular weight excluding hydrogens is 318 g/mol. The molecule has 2 heterocycles. The molecule has 1 N–H and O–H groups in total. The summed E-state index contributed by atoms with van der Waals surface area (Å²) in [6.07, 6.45) is 1.11. The highest BCUT2D eigenvalue weighted by Gasteiger charge is 2.21. The van der Waals surface area contributed by atoms with Gasteiger partial charge in [0.25, 0.3) is 0 Å². The summed E-state index contributed by atoms with van der Waals surface area (Å²) in [4.78, 5) is 1.21. The van der Waals surface area contributed by atoms with E-state index in [1.165, 1.54) is 22.0 Å². The van der Waals surface area contributed by atoms with Crippen LogP contribution >= 0.6 is 38.8 Å². The maximum Gasteiger partial charge on any atom is 0.0776 e. The van der Waals surface area contributed by atoms with Crippen molar-refractivity contribution in [1.29, 1.82) is 0 Å². The first-order chi connectivity index (χ1) is 8.24. The second-order valence-electron chi connectivity index (χ2n) is 3.78. The average Bonchev–Trinajstić information content (AvgIpc) is 2.90. The molecule has 0 aliphatic rings. The SMILES string of the molecule is CCCNC(c1cscc1Br)c1snnc1C. The van der Waals surface area contributed by atoms with E-state index in [-0.39, 0.29) is 6.04 Å². The van der Waals surface area contributed by atoms with Crippen molar-refractivity contribution in [3.8, 4) is 0 Å². The highest BCUT2D eigenvalue weighted by atomic mass is 79.9. The molecule has 0 aliphatic carbocycles. The number of halogens is 1. The van der Waals surface area contributed by atoms with Crippen LogP contribution in [-0.2, 0) is 0 Å². The summed E-state index contributed by atoms with van der Waals surface area (Å²) in [7, 11) is 0. The number of thiophene rings is 1. The molecule has 0 bridgehead atoms. The molecule has 0 radical (unpaired) electrons. The third kappa shape index (κ3) is 2.93. The van der Waals surface area contributed by atoms with E-state index in [0.29, 0.717) is 0 Å². The fourth-order valence-electron chi connectivity index (χ4n) is 1.63. The summed E-state index contributed by atoms with van der Waals surface area (Å²) in [5.74, 6) is 0. The van der Waals surface area contributed by atoms with Gasteiger partial charge in [0, 0.05) is 9.85 Å². The number of nitrogens with zero attached hydrogens (tertiary/aromatic N) is 2. The quantitative estimate of drug-likeness (QED) is 0.906. The van der Waals surface area contributed by atoms with Crippen LogP contribution in [-0.4, -0.2) is 16.1 Å². The maximum absolute atomic E-state index is 4.10. The third-order valence-corrected chi connectivity index (χ3v) is 5.14. The summed E-state index contributed by atoms with van der Waals surface area (Å²) >= 11 is 6.79. The largest absolute Gasteiger partial charge is 0.305 e. The number of aryl methyl sites for hydroxylation is 1. The Bertz CT molecular complexity index is 440. The molecule has 2 rings (SSSR count). The molecule has 17 heavy (non-hydrogen) atoms. The molecule has 1 unspecified atom stereocenters. The Morgan fingerprint density at radius 1 is 1.47 bits per heavy atom. The van der Waals surface area contributed by atoms with E-state index in [4.69, 9.17) is 0 Å². The van der Waals surface area contributed by atoms with Crippen LogP contribution in [0.1, 0.15) is 35.5 Å². The van der Waals surface area contributed by atoms with E-state index in [2.05, 4.69) is 48.5 Å². The van der Waals surface area contributed by atoms with Gasteiger partial charge in [-0.25, -0.2) is 0 Å². The first-order valence-corrected chi connectivity index (χ1v) is 7.98. The normalized spacial score (nSPS) is 12.9. The average molecular weight is 332 g/mol. The number of hydrogen-bond donors (Lipinski definition) is 1. The Balaban J connectivity index is 2.32. The Morgan fingerprint density at radius 3 is 2.82 bits per heavy atom. The first-order valence-electron chi connectivity index (χ1n) is 5.47. The molecule has 1 atom stereocenters. The standard InChI is InChI=1S/C11H14BrN3S2/c1-3-4-13-10(8-5-16-6-9(8)12)11-7(2)14-15-17-11/h5-6,10,13H,3-4H2,1-2H3. The molecule has 0 amide bonds. The van der Waals surface area contributed by atoms with Crippen LogP contribution in [0.15, 0.2) is 15.2 Å². The predicted molar refractivity (Wildman–Crippen MR) is 76.8 cm³/mol. The van der Waals surface area contributed by atoms with Crippen molar-refractivity contribution in [2.45, 2.75) is 26.3 Å². The molecule has 3 nitrogen and oxygen atoms in total. The molecule has 0 fully saturated rings. The molecule has 0 aliphatic heterocycles. The first kappa shape index (κ1) is 13.1. The molecule has 0 aromatic carbocycles. The molecule has 0 saturated heterocycles. The molecule has 2 aromatic rings. The maximum atomic E-state index is 4.10. The number of rotatable bonds is 5. The van der Waals surface area contributed by atoms with E-state index in [9.17, 15) is 0 Å². The van der Waals surface area contributed by atoms with Gasteiger partial charge in [0.15, 0.2) is 0 Å². The second-order valence-corrected chi connectivity index (χ2v) is 6.17. The van der Waals surface area contributed by atoms with Gasteiger partial charge in [-0.15, -0.1) is 5.10 Å². The van der Waals surface area contributed by atoms with Gasteiger partial charge < -0.3 is 5.32 Å². The van der Waals surface area contributed by atoms with Crippen molar-refractivity contribution in [3.05, 3.63) is 31.4 Å². The highest BCUT2D eigenvalue weighted by Crippen LogP contribution is 2.33. The van der Waals surface area contributed by atoms with Crippen LogP contribution in [0.3, 0.4) is 0 Å². The van der Waals surface area contributed by atoms with Gasteiger partial charge in [-0.2, -0.15) is 11.3 Å². The van der Waals surface area contributed by atoms with Crippen LogP contribution in [0.2, 0.25) is 0 Å². The number of nitrogens with one attached hydrogen (secondary N) is 1. The summed E-state index contributed by atoms with van der Waals surface area (Å²) in [5, 5.41) is 12.0. The van der Waals surface area contributed by atoms with Crippen LogP contribution in [0.5, 0.6) is 0 Å². The molecule has 0 saturated carbocycles. The zero-order valence-corrected chi connectivity index (χ0v) is 13.0. The van der Waals surface area contributed by atoms with Gasteiger partial charge >= 0.3 is 0 Å². The van der Waals surface area contributed by atoms with Crippen molar-refractivity contribution in [2.24, 2.45) is 0 Å². The minimum absolute atomic E-state index is 0.204. The second kappa shape index (κ2) is 6.04. The fourth-order valence-corrected chi connectivity index (χ4v) is 3.92. The van der Waals surface area contributed by atoms with E-state index in [0.717, 1.165) is 23.1 Å². The number of hydrogen-bond acceptors (Lipinski definition) is 5. The zero-order valence-electron chi connectivity index (χ0n) is 9.74. The van der Waals surface area contributed by atoms with Gasteiger partial charge in [-0.05, 0) is 58.3 Å². The zero-order chi connectivity index (χ0) is 12.3. The van der Waals surface area contributed by atoms with E-state index >= 15 is 0 Å². The number of aromatic nitrogens is 2. The van der Waals surface area contributed by atoms with Crippen molar-refractivity contribution >= 4 is 38.8 Å². The third-order valence-electron chi connectivity index (χ3n) is 2.50. The lowest BCUT2D eigenvalue weighted by atomic mass is 10.1. The lowest BCUT2D eigenvalue weighted by molar-refractivity contribution is 0.602. The van der Waals surface area contributed by atoms with Crippen LogP contribution < -0.4 is 5.32 Å². The summed E-state index contributed by atoms with van der Waals surface area (Å²) < 4.78 is 5.19. The van der Waals surface area contributed by atoms with Gasteiger partial charge in [-0.3, -0.25) is 0 Å². The molecular formula is C11H14BrN3S2. The minimum atomic E-state index is 0.204. The minimum Gasteiger partial charge on any atom is -0.305 e. The van der Waals surface area contributed by atoms with E-state index in [1.54, 1.807) is 11.3 Å². The lowest BCUT2D eigenvalue weighted by Gasteiger charge is -2.16. The van der Waals surface area contributed by atoms with Crippen LogP contribution in [0, 0.1) is 6.92 Å². The monoisotopic (exact) mass is 331 g/mol. The topological polar surface area (TPSA) is 37.8 Å². The van der Waals surface area contributed by atoms with Gasteiger partial charge in [0.2, 0.25) is 0 Å². The molecule has 0 spiro atoms. The lowest BCUT2D eigenvalue weighted by Crippen LogP contribution is -2.22. The predicted octanol–water partition coefficient (Wildman–Crippen LogP) is 3.76. The fraction of sp³-hybridized carbons (Fsp3) is 0.455. The van der Waals surface area contributed by atoms with Crippen molar-refractivity contribution in [1.82, 2.24) is 14.9 Å². The Morgan fingerprint density at radius 2 is 2.29 bits per heavy atom. The summed E-state index contributed by atoms with van der Waals surface area (Å²) in [6.45, 7) is 5.18. The van der Waals surface area contributed by atoms with E-state index < -0.39 is 0 Å². The van der Waals surface area contributed by atoms with Crippen LogP contribution in [0.4, 0.5) is 0 Å². The van der Waals surface area contributed by atoms with Gasteiger partial charge in [0.05, 0.1) is 16.6 Å². The summed E-state index contributed by atoms with van der Waals surface area (Å²) in [6, 6.07) is 0.204. The molecule has 6 heteroatoms.